The van der Waals surface area contributed by atoms with Crippen molar-refractivity contribution in [3.05, 3.63) is 68.9 Å². The van der Waals surface area contributed by atoms with Crippen molar-refractivity contribution in [1.29, 1.82) is 0 Å². The Morgan fingerprint density at radius 2 is 2.04 bits per heavy atom. The molecule has 0 unspecified atom stereocenters. The van der Waals surface area contributed by atoms with Gasteiger partial charge in [-0.15, -0.1) is 0 Å². The van der Waals surface area contributed by atoms with Gasteiger partial charge < -0.3 is 14.5 Å². The zero-order valence-electron chi connectivity index (χ0n) is 14.0. The number of furan rings is 1. The van der Waals surface area contributed by atoms with Gasteiger partial charge in [0.2, 0.25) is 0 Å². The highest BCUT2D eigenvalue weighted by molar-refractivity contribution is 14.1. The summed E-state index contributed by atoms with van der Waals surface area (Å²) in [5.41, 5.74) is 2.00. The molecule has 0 atom stereocenters. The third-order valence-electron chi connectivity index (χ3n) is 3.86. The quantitative estimate of drug-likeness (QED) is 0.584. The molecule has 6 nitrogen and oxygen atoms in total. The third kappa shape index (κ3) is 4.41. The molecule has 2 heterocycles. The summed E-state index contributed by atoms with van der Waals surface area (Å²) in [6.45, 7) is 2.64. The van der Waals surface area contributed by atoms with E-state index in [1.165, 1.54) is 0 Å². The van der Waals surface area contributed by atoms with Crippen LogP contribution in [0.1, 0.15) is 27.6 Å². The van der Waals surface area contributed by atoms with Crippen molar-refractivity contribution in [3.63, 3.8) is 0 Å². The molecule has 0 aliphatic rings. The van der Waals surface area contributed by atoms with Gasteiger partial charge in [-0.2, -0.15) is 5.10 Å². The van der Waals surface area contributed by atoms with Crippen LogP contribution in [0.5, 0.6) is 5.75 Å². The first kappa shape index (κ1) is 17.5. The van der Waals surface area contributed by atoms with Gasteiger partial charge in [-0.1, -0.05) is 0 Å². The predicted octanol–water partition coefficient (Wildman–Crippen LogP) is 3.44. The molecule has 3 aromatic rings. The smallest absolute Gasteiger partial charge is 0.287 e. The number of aryl methyl sites for hydroxylation is 1. The van der Waals surface area contributed by atoms with Gasteiger partial charge in [-0.05, 0) is 65.9 Å². The molecule has 0 aliphatic heterocycles. The molecule has 0 saturated carbocycles. The maximum absolute atomic E-state index is 12.2. The van der Waals surface area contributed by atoms with Crippen molar-refractivity contribution in [2.75, 3.05) is 0 Å². The SMILES string of the molecule is Cc1c(CNC(=O)c2ccc(COc3ccc(I)cc3)o2)cnn1C. The van der Waals surface area contributed by atoms with E-state index >= 15 is 0 Å². The number of rotatable bonds is 6. The first-order valence-electron chi connectivity index (χ1n) is 7.75. The number of benzene rings is 1. The van der Waals surface area contributed by atoms with Crippen LogP contribution in [0.15, 0.2) is 47.0 Å². The molecule has 0 bridgehead atoms. The van der Waals surface area contributed by atoms with E-state index in [0.717, 1.165) is 20.6 Å². The highest BCUT2D eigenvalue weighted by Gasteiger charge is 2.12. The van der Waals surface area contributed by atoms with E-state index in [9.17, 15) is 4.79 Å². The Morgan fingerprint density at radius 3 is 2.72 bits per heavy atom. The van der Waals surface area contributed by atoms with Gasteiger partial charge in [0, 0.05) is 28.4 Å². The van der Waals surface area contributed by atoms with Crippen molar-refractivity contribution < 1.29 is 13.9 Å². The van der Waals surface area contributed by atoms with E-state index in [4.69, 9.17) is 9.15 Å². The Hall–Kier alpha value is -2.29. The van der Waals surface area contributed by atoms with Crippen LogP contribution in [0, 0.1) is 10.5 Å². The van der Waals surface area contributed by atoms with Crippen molar-refractivity contribution in [2.24, 2.45) is 7.05 Å². The van der Waals surface area contributed by atoms with Crippen LogP contribution in [0.2, 0.25) is 0 Å². The Morgan fingerprint density at radius 1 is 1.28 bits per heavy atom. The van der Waals surface area contributed by atoms with E-state index in [-0.39, 0.29) is 18.3 Å². The number of ether oxygens (including phenoxy) is 1. The second-order valence-corrected chi connectivity index (χ2v) is 6.82. The number of hydrogen-bond acceptors (Lipinski definition) is 4. The summed E-state index contributed by atoms with van der Waals surface area (Å²) in [6, 6.07) is 11.1. The Kier molecular flexibility index (Phi) is 5.42. The van der Waals surface area contributed by atoms with E-state index in [0.29, 0.717) is 12.3 Å². The number of aromatic nitrogens is 2. The number of nitrogens with one attached hydrogen (secondary N) is 1. The fourth-order valence-corrected chi connectivity index (χ4v) is 2.60. The Bertz CT molecular complexity index is 868. The van der Waals surface area contributed by atoms with Gasteiger partial charge in [0.1, 0.15) is 18.1 Å². The number of nitrogens with zero attached hydrogens (tertiary/aromatic N) is 2. The van der Waals surface area contributed by atoms with Crippen molar-refractivity contribution in [1.82, 2.24) is 15.1 Å². The fourth-order valence-electron chi connectivity index (χ4n) is 2.24. The van der Waals surface area contributed by atoms with Gasteiger partial charge in [0.15, 0.2) is 5.76 Å². The van der Waals surface area contributed by atoms with Gasteiger partial charge >= 0.3 is 0 Å². The maximum Gasteiger partial charge on any atom is 0.287 e. The summed E-state index contributed by atoms with van der Waals surface area (Å²) in [6.07, 6.45) is 1.75. The van der Waals surface area contributed by atoms with Gasteiger partial charge in [-0.25, -0.2) is 0 Å². The molecular formula is C18H18IN3O3. The number of halogens is 1. The summed E-state index contributed by atoms with van der Waals surface area (Å²) in [7, 11) is 1.87. The minimum Gasteiger partial charge on any atom is -0.486 e. The predicted molar refractivity (Wildman–Crippen MR) is 101 cm³/mol. The molecule has 0 fully saturated rings. The largest absolute Gasteiger partial charge is 0.486 e. The summed E-state index contributed by atoms with van der Waals surface area (Å²) in [5.74, 6) is 1.36. The lowest BCUT2D eigenvalue weighted by atomic mass is 10.2. The van der Waals surface area contributed by atoms with Crippen LogP contribution >= 0.6 is 22.6 Å². The summed E-state index contributed by atoms with van der Waals surface area (Å²) in [5, 5.41) is 6.99. The molecule has 1 N–H and O–H groups in total. The second-order valence-electron chi connectivity index (χ2n) is 5.57. The molecule has 0 saturated heterocycles. The van der Waals surface area contributed by atoms with E-state index in [1.54, 1.807) is 23.0 Å². The molecule has 130 valence electrons. The monoisotopic (exact) mass is 451 g/mol. The minimum absolute atomic E-state index is 0.260. The van der Waals surface area contributed by atoms with Gasteiger partial charge in [0.25, 0.3) is 5.91 Å². The fraction of sp³-hybridized carbons (Fsp3) is 0.222. The van der Waals surface area contributed by atoms with E-state index in [1.807, 2.05) is 38.2 Å². The number of hydrogen-bond donors (Lipinski definition) is 1. The zero-order valence-corrected chi connectivity index (χ0v) is 16.1. The third-order valence-corrected chi connectivity index (χ3v) is 4.58. The maximum atomic E-state index is 12.2. The highest BCUT2D eigenvalue weighted by Crippen LogP contribution is 2.16. The first-order valence-corrected chi connectivity index (χ1v) is 8.83. The van der Waals surface area contributed by atoms with Gasteiger partial charge in [-0.3, -0.25) is 9.48 Å². The van der Waals surface area contributed by atoms with Crippen LogP contribution in [0.25, 0.3) is 0 Å². The van der Waals surface area contributed by atoms with Crippen molar-refractivity contribution in [2.45, 2.75) is 20.1 Å². The van der Waals surface area contributed by atoms with Crippen molar-refractivity contribution >= 4 is 28.5 Å². The molecule has 7 heteroatoms. The number of carbonyl (C=O) groups excluding carboxylic acids is 1. The topological polar surface area (TPSA) is 69.3 Å². The van der Waals surface area contributed by atoms with Crippen LogP contribution in [0.4, 0.5) is 0 Å². The van der Waals surface area contributed by atoms with Crippen LogP contribution in [-0.2, 0) is 20.2 Å². The minimum atomic E-state index is -0.260. The molecular weight excluding hydrogens is 433 g/mol. The van der Waals surface area contributed by atoms with Crippen LogP contribution in [-0.4, -0.2) is 15.7 Å². The van der Waals surface area contributed by atoms with E-state index < -0.39 is 0 Å². The van der Waals surface area contributed by atoms with Gasteiger partial charge in [0.05, 0.1) is 6.20 Å². The number of carbonyl (C=O) groups is 1. The van der Waals surface area contributed by atoms with Crippen molar-refractivity contribution in [3.8, 4) is 5.75 Å². The summed E-state index contributed by atoms with van der Waals surface area (Å²) in [4.78, 5) is 12.2. The molecule has 0 spiro atoms. The normalized spacial score (nSPS) is 10.7. The molecule has 3 rings (SSSR count). The average molecular weight is 451 g/mol. The van der Waals surface area contributed by atoms with E-state index in [2.05, 4.69) is 33.0 Å². The molecule has 2 aromatic heterocycles. The zero-order chi connectivity index (χ0) is 17.8. The molecule has 25 heavy (non-hydrogen) atoms. The summed E-state index contributed by atoms with van der Waals surface area (Å²) < 4.78 is 14.1. The van der Waals surface area contributed by atoms with Crippen LogP contribution in [0.3, 0.4) is 0 Å². The summed E-state index contributed by atoms with van der Waals surface area (Å²) >= 11 is 2.24. The Labute approximate surface area is 159 Å². The number of amides is 1. The lowest BCUT2D eigenvalue weighted by Crippen LogP contribution is -2.22. The first-order chi connectivity index (χ1) is 12.0. The molecule has 1 aromatic carbocycles. The lowest BCUT2D eigenvalue weighted by molar-refractivity contribution is 0.0919. The highest BCUT2D eigenvalue weighted by atomic mass is 127. The Balaban J connectivity index is 1.54. The van der Waals surface area contributed by atoms with Crippen LogP contribution < -0.4 is 10.1 Å². The molecule has 0 aliphatic carbocycles. The standard InChI is InChI=1S/C18H18IN3O3/c1-12-13(10-21-22(12)2)9-20-18(23)17-8-7-16(25-17)11-24-15-5-3-14(19)4-6-15/h3-8,10H,9,11H2,1-2H3,(H,20,23). The second kappa shape index (κ2) is 7.73. The molecule has 1 amide bonds. The average Bonchev–Trinajstić information content (AvgIpc) is 3.21. The molecule has 0 radical (unpaired) electrons. The lowest BCUT2D eigenvalue weighted by Gasteiger charge is -2.04.